The Balaban J connectivity index is 1.60. The van der Waals surface area contributed by atoms with Gasteiger partial charge in [0.05, 0.1) is 17.2 Å². The van der Waals surface area contributed by atoms with E-state index >= 15 is 0 Å². The van der Waals surface area contributed by atoms with Gasteiger partial charge < -0.3 is 13.6 Å². The molecule has 0 fully saturated rings. The van der Waals surface area contributed by atoms with Crippen LogP contribution in [0.15, 0.2) is 80.6 Å². The molecule has 0 spiro atoms. The number of ether oxygens (including phenoxy) is 1. The van der Waals surface area contributed by atoms with Gasteiger partial charge in [0.2, 0.25) is 0 Å². The van der Waals surface area contributed by atoms with Crippen LogP contribution in [0, 0.1) is 0 Å². The van der Waals surface area contributed by atoms with Gasteiger partial charge in [-0.3, -0.25) is 4.79 Å². The Bertz CT molecular complexity index is 1220. The van der Waals surface area contributed by atoms with Crippen molar-refractivity contribution in [1.82, 2.24) is 0 Å². The van der Waals surface area contributed by atoms with Crippen LogP contribution in [0.4, 0.5) is 0 Å². The van der Waals surface area contributed by atoms with E-state index in [1.54, 1.807) is 36.4 Å². The molecule has 4 rings (SSSR count). The maximum atomic E-state index is 12.5. The summed E-state index contributed by atoms with van der Waals surface area (Å²) in [5.41, 5.74) is 1.72. The van der Waals surface area contributed by atoms with Crippen LogP contribution in [-0.2, 0) is 5.41 Å². The summed E-state index contributed by atoms with van der Waals surface area (Å²) in [6, 6.07) is 16.8. The fourth-order valence-electron chi connectivity index (χ4n) is 3.01. The molecule has 0 saturated carbocycles. The molecule has 0 saturated heterocycles. The lowest BCUT2D eigenvalue weighted by molar-refractivity contribution is 0.0735. The van der Waals surface area contributed by atoms with Crippen molar-refractivity contribution in [3.8, 4) is 17.3 Å². The molecule has 0 aliphatic heterocycles. The summed E-state index contributed by atoms with van der Waals surface area (Å²) in [7, 11) is 0. The number of furan rings is 1. The lowest BCUT2D eigenvalue weighted by Crippen LogP contribution is -2.13. The van der Waals surface area contributed by atoms with Crippen LogP contribution in [0.3, 0.4) is 0 Å². The molecule has 5 heteroatoms. The molecule has 0 unspecified atom stereocenters. The first-order chi connectivity index (χ1) is 13.8. The third-order valence-corrected chi connectivity index (χ3v) is 4.66. The van der Waals surface area contributed by atoms with Crippen molar-refractivity contribution in [3.05, 3.63) is 88.3 Å². The van der Waals surface area contributed by atoms with Gasteiger partial charge in [0.1, 0.15) is 11.3 Å². The average molecular weight is 388 g/mol. The van der Waals surface area contributed by atoms with Gasteiger partial charge in [-0.2, -0.15) is 0 Å². The van der Waals surface area contributed by atoms with E-state index in [4.69, 9.17) is 13.6 Å². The largest absolute Gasteiger partial charge is 0.461 e. The topological polar surface area (TPSA) is 69.7 Å². The van der Waals surface area contributed by atoms with E-state index in [1.165, 1.54) is 18.4 Å². The Hall–Kier alpha value is -3.60. The van der Waals surface area contributed by atoms with E-state index in [2.05, 4.69) is 20.8 Å². The van der Waals surface area contributed by atoms with Crippen molar-refractivity contribution in [3.63, 3.8) is 0 Å². The zero-order valence-electron chi connectivity index (χ0n) is 16.4. The zero-order valence-corrected chi connectivity index (χ0v) is 16.4. The van der Waals surface area contributed by atoms with Crippen molar-refractivity contribution in [2.24, 2.45) is 0 Å². The van der Waals surface area contributed by atoms with Gasteiger partial charge in [0.15, 0.2) is 16.9 Å². The molecule has 146 valence electrons. The Morgan fingerprint density at radius 3 is 2.34 bits per heavy atom. The summed E-state index contributed by atoms with van der Waals surface area (Å²) in [5, 5.41) is 0.327. The van der Waals surface area contributed by atoms with Crippen LogP contribution in [0.2, 0.25) is 0 Å². The third kappa shape index (κ3) is 3.85. The molecule has 29 heavy (non-hydrogen) atoms. The Morgan fingerprint density at radius 1 is 0.931 bits per heavy atom. The molecule has 0 amide bonds. The van der Waals surface area contributed by atoms with E-state index in [1.807, 2.05) is 12.1 Å². The Kier molecular flexibility index (Phi) is 4.59. The van der Waals surface area contributed by atoms with Gasteiger partial charge in [-0.15, -0.1) is 0 Å². The molecule has 0 radical (unpaired) electrons. The van der Waals surface area contributed by atoms with E-state index in [9.17, 15) is 9.59 Å². The van der Waals surface area contributed by atoms with Gasteiger partial charge in [-0.05, 0) is 53.4 Å². The summed E-state index contributed by atoms with van der Waals surface area (Å²) in [4.78, 5) is 25.0. The molecule has 2 heterocycles. The number of carbonyl (C=O) groups excluding carboxylic acids is 1. The monoisotopic (exact) mass is 388 g/mol. The Labute approximate surface area is 167 Å². The highest BCUT2D eigenvalue weighted by Gasteiger charge is 2.16. The number of hydrogen-bond donors (Lipinski definition) is 0. The fraction of sp³-hybridized carbons (Fsp3) is 0.167. The second-order valence-electron chi connectivity index (χ2n) is 7.83. The number of rotatable bonds is 3. The summed E-state index contributed by atoms with van der Waals surface area (Å²) >= 11 is 0. The number of hydrogen-bond acceptors (Lipinski definition) is 5. The van der Waals surface area contributed by atoms with Crippen molar-refractivity contribution in [1.29, 1.82) is 0 Å². The summed E-state index contributed by atoms with van der Waals surface area (Å²) in [5.74, 6) is 0.608. The maximum Gasteiger partial charge on any atom is 0.343 e. The van der Waals surface area contributed by atoms with Crippen LogP contribution in [0.5, 0.6) is 5.75 Å². The third-order valence-electron chi connectivity index (χ3n) is 4.66. The van der Waals surface area contributed by atoms with E-state index < -0.39 is 5.97 Å². The highest BCUT2D eigenvalue weighted by molar-refractivity contribution is 5.91. The molecule has 2 aromatic carbocycles. The van der Waals surface area contributed by atoms with Crippen LogP contribution in [0.25, 0.3) is 22.5 Å². The van der Waals surface area contributed by atoms with Gasteiger partial charge >= 0.3 is 5.97 Å². The molecule has 2 aromatic heterocycles. The molecular weight excluding hydrogens is 368 g/mol. The quantitative estimate of drug-likeness (QED) is 0.339. The van der Waals surface area contributed by atoms with Crippen LogP contribution < -0.4 is 10.2 Å². The highest BCUT2D eigenvalue weighted by atomic mass is 16.5. The minimum Gasteiger partial charge on any atom is -0.461 e. The normalized spacial score (nSPS) is 11.6. The molecule has 0 N–H and O–H groups in total. The standard InChI is InChI=1S/C24H20O5/c1-24(2,3)16-8-6-15(7-9-16)23(26)28-17-10-11-20-18(13-17)19(25)14-22(29-20)21-5-4-12-27-21/h4-14H,1-3H3. The van der Waals surface area contributed by atoms with E-state index in [0.717, 1.165) is 5.56 Å². The van der Waals surface area contributed by atoms with Crippen molar-refractivity contribution in [2.45, 2.75) is 26.2 Å². The molecule has 5 nitrogen and oxygen atoms in total. The molecule has 0 aliphatic carbocycles. The summed E-state index contributed by atoms with van der Waals surface area (Å²) in [6.07, 6.45) is 1.51. The van der Waals surface area contributed by atoms with Crippen molar-refractivity contribution < 1.29 is 18.4 Å². The Morgan fingerprint density at radius 2 is 1.69 bits per heavy atom. The van der Waals surface area contributed by atoms with Crippen molar-refractivity contribution >= 4 is 16.9 Å². The molecular formula is C24H20O5. The lowest BCUT2D eigenvalue weighted by Gasteiger charge is -2.18. The van der Waals surface area contributed by atoms with E-state index in [-0.39, 0.29) is 16.6 Å². The molecule has 4 aromatic rings. The summed E-state index contributed by atoms with van der Waals surface area (Å²) in [6.45, 7) is 6.33. The predicted octanol–water partition coefficient (Wildman–Crippen LogP) is 5.57. The highest BCUT2D eigenvalue weighted by Crippen LogP contribution is 2.26. The van der Waals surface area contributed by atoms with Crippen LogP contribution in [0.1, 0.15) is 36.7 Å². The maximum absolute atomic E-state index is 12.5. The average Bonchev–Trinajstić information content (AvgIpc) is 3.22. The first-order valence-corrected chi connectivity index (χ1v) is 9.26. The molecule has 0 bridgehead atoms. The lowest BCUT2D eigenvalue weighted by atomic mass is 9.87. The van der Waals surface area contributed by atoms with Crippen LogP contribution in [-0.4, -0.2) is 5.97 Å². The smallest absolute Gasteiger partial charge is 0.343 e. The minimum absolute atomic E-state index is 0.00328. The number of carbonyl (C=O) groups is 1. The second kappa shape index (κ2) is 7.09. The van der Waals surface area contributed by atoms with Gasteiger partial charge in [0, 0.05) is 6.07 Å². The van der Waals surface area contributed by atoms with E-state index in [0.29, 0.717) is 28.1 Å². The van der Waals surface area contributed by atoms with Gasteiger partial charge in [0.25, 0.3) is 0 Å². The fourth-order valence-corrected chi connectivity index (χ4v) is 3.01. The van der Waals surface area contributed by atoms with Gasteiger partial charge in [-0.1, -0.05) is 32.9 Å². The predicted molar refractivity (Wildman–Crippen MR) is 110 cm³/mol. The van der Waals surface area contributed by atoms with Crippen LogP contribution >= 0.6 is 0 Å². The number of esters is 1. The summed E-state index contributed by atoms with van der Waals surface area (Å²) < 4.78 is 16.5. The SMILES string of the molecule is CC(C)(C)c1ccc(C(=O)Oc2ccc3oc(-c4ccco4)cc(=O)c3c2)cc1. The number of fused-ring (bicyclic) bond motifs is 1. The molecule has 0 atom stereocenters. The first kappa shape index (κ1) is 18.7. The minimum atomic E-state index is -0.485. The van der Waals surface area contributed by atoms with Gasteiger partial charge in [-0.25, -0.2) is 4.79 Å². The molecule has 0 aliphatic rings. The first-order valence-electron chi connectivity index (χ1n) is 9.26. The van der Waals surface area contributed by atoms with Crippen molar-refractivity contribution in [2.75, 3.05) is 0 Å². The second-order valence-corrected chi connectivity index (χ2v) is 7.83. The number of benzene rings is 2. The zero-order chi connectivity index (χ0) is 20.6.